The summed E-state index contributed by atoms with van der Waals surface area (Å²) in [5, 5.41) is 6.00. The van der Waals surface area contributed by atoms with Crippen molar-refractivity contribution < 1.29 is 4.42 Å². The molecule has 0 fully saturated rings. The van der Waals surface area contributed by atoms with E-state index in [4.69, 9.17) is 4.42 Å². The van der Waals surface area contributed by atoms with Gasteiger partial charge in [-0.05, 0) is 61.4 Å². The van der Waals surface area contributed by atoms with Crippen LogP contribution in [0.3, 0.4) is 0 Å². The Bertz CT molecular complexity index is 2310. The van der Waals surface area contributed by atoms with Crippen LogP contribution in [0.4, 0.5) is 0 Å². The van der Waals surface area contributed by atoms with E-state index in [1.54, 1.807) is 0 Å². The second kappa shape index (κ2) is 8.49. The lowest BCUT2D eigenvalue weighted by atomic mass is 9.85. The monoisotopic (exact) mass is 528 g/mol. The van der Waals surface area contributed by atoms with Gasteiger partial charge in [0.1, 0.15) is 11.2 Å². The number of furan rings is 1. The number of benzene rings is 4. The highest BCUT2D eigenvalue weighted by Gasteiger charge is 2.28. The maximum Gasteiger partial charge on any atom is 0.145 e. The largest absolute Gasteiger partial charge is 0.455 e. The van der Waals surface area contributed by atoms with Crippen LogP contribution in [0.15, 0.2) is 119 Å². The van der Waals surface area contributed by atoms with Crippen LogP contribution < -0.4 is 0 Å². The highest BCUT2D eigenvalue weighted by atomic mass is 16.3. The molecular formula is C38H28N2O. The predicted octanol–water partition coefficient (Wildman–Crippen LogP) is 10.4. The van der Waals surface area contributed by atoms with Gasteiger partial charge in [-0.1, -0.05) is 84.5 Å². The first-order valence-electron chi connectivity index (χ1n) is 14.4. The standard InChI is InChI=1S/C38H28N2O/c1-23-15-20-35(40-33-12-4-2-3-9-25(33)26-10-5-7-13-34(26)40)29(21-23)24-16-18-31-30(22-24)37-32(39-31)19-17-28-27-11-6-8-14-36(27)41-38(28)37/h3-22,29,35,39H,2H2,1H3. The lowest BCUT2D eigenvalue weighted by molar-refractivity contribution is 0.556. The molecule has 0 amide bonds. The summed E-state index contributed by atoms with van der Waals surface area (Å²) in [6.45, 7) is 2.21. The number of nitrogens with zero attached hydrogens (tertiary/aromatic N) is 1. The van der Waals surface area contributed by atoms with Crippen molar-refractivity contribution in [3.63, 3.8) is 0 Å². The van der Waals surface area contributed by atoms with Crippen LogP contribution in [0.1, 0.15) is 42.1 Å². The Morgan fingerprint density at radius 3 is 2.56 bits per heavy atom. The molecule has 0 aliphatic heterocycles. The molecule has 9 rings (SSSR count). The van der Waals surface area contributed by atoms with Crippen molar-refractivity contribution in [3.05, 3.63) is 132 Å². The Balaban J connectivity index is 1.28. The van der Waals surface area contributed by atoms with E-state index in [1.807, 2.05) is 6.07 Å². The zero-order valence-corrected chi connectivity index (χ0v) is 22.8. The van der Waals surface area contributed by atoms with Gasteiger partial charge in [0.05, 0.1) is 16.9 Å². The fourth-order valence-corrected chi connectivity index (χ4v) is 7.16. The molecule has 0 saturated carbocycles. The molecular weight excluding hydrogens is 500 g/mol. The van der Waals surface area contributed by atoms with Gasteiger partial charge in [-0.15, -0.1) is 0 Å². The van der Waals surface area contributed by atoms with Gasteiger partial charge >= 0.3 is 0 Å². The number of para-hydroxylation sites is 2. The van der Waals surface area contributed by atoms with E-state index in [2.05, 4.69) is 132 Å². The number of fused-ring (bicyclic) bond motifs is 10. The summed E-state index contributed by atoms with van der Waals surface area (Å²) in [6.07, 6.45) is 17.2. The van der Waals surface area contributed by atoms with Crippen molar-refractivity contribution in [3.8, 4) is 0 Å². The minimum atomic E-state index is 0.150. The Labute approximate surface area is 237 Å². The molecule has 1 N–H and O–H groups in total. The number of aromatic nitrogens is 2. The highest BCUT2D eigenvalue weighted by Crippen LogP contribution is 2.44. The number of aromatic amines is 1. The van der Waals surface area contributed by atoms with Gasteiger partial charge in [-0.2, -0.15) is 0 Å². The quantitative estimate of drug-likeness (QED) is 0.238. The van der Waals surface area contributed by atoms with Gasteiger partial charge in [-0.25, -0.2) is 0 Å². The van der Waals surface area contributed by atoms with E-state index in [1.165, 1.54) is 38.7 Å². The third-order valence-corrected chi connectivity index (χ3v) is 9.00. The maximum atomic E-state index is 6.48. The number of hydrogen-bond acceptors (Lipinski definition) is 1. The summed E-state index contributed by atoms with van der Waals surface area (Å²) >= 11 is 0. The Hall–Kier alpha value is -5.02. The van der Waals surface area contributed by atoms with Gasteiger partial charge in [-0.3, -0.25) is 0 Å². The molecule has 2 unspecified atom stereocenters. The number of rotatable bonds is 2. The van der Waals surface area contributed by atoms with E-state index in [9.17, 15) is 0 Å². The Morgan fingerprint density at radius 1 is 0.780 bits per heavy atom. The normalized spacial score (nSPS) is 18.6. The smallest absolute Gasteiger partial charge is 0.145 e. The molecule has 3 nitrogen and oxygen atoms in total. The average Bonchev–Trinajstić information content (AvgIpc) is 3.59. The average molecular weight is 529 g/mol. The third-order valence-electron chi connectivity index (χ3n) is 9.00. The van der Waals surface area contributed by atoms with Crippen LogP contribution in [0.2, 0.25) is 0 Å². The first-order valence-corrected chi connectivity index (χ1v) is 14.4. The number of H-pyrrole nitrogens is 1. The van der Waals surface area contributed by atoms with Crippen LogP contribution in [0.5, 0.6) is 0 Å². The minimum absolute atomic E-state index is 0.150. The highest BCUT2D eigenvalue weighted by molar-refractivity contribution is 6.23. The van der Waals surface area contributed by atoms with Crippen molar-refractivity contribution in [2.75, 3.05) is 0 Å². The zero-order chi connectivity index (χ0) is 27.1. The fourth-order valence-electron chi connectivity index (χ4n) is 7.16. The van der Waals surface area contributed by atoms with Crippen molar-refractivity contribution in [1.82, 2.24) is 9.55 Å². The SMILES string of the molecule is CC1=CC(c2ccc3[nH]c4ccc5c6ccccc6oc5c4c3c2)C(n2c3c(c4ccccc42)C=CCC=C3)C=C1. The summed E-state index contributed by atoms with van der Waals surface area (Å²) < 4.78 is 9.03. The van der Waals surface area contributed by atoms with Crippen LogP contribution in [-0.4, -0.2) is 9.55 Å². The number of nitrogens with one attached hydrogen (secondary N) is 1. The van der Waals surface area contributed by atoms with Gasteiger partial charge in [0.2, 0.25) is 0 Å². The summed E-state index contributed by atoms with van der Waals surface area (Å²) in [4.78, 5) is 3.65. The third kappa shape index (κ3) is 3.26. The first-order chi connectivity index (χ1) is 20.2. The Morgan fingerprint density at radius 2 is 1.61 bits per heavy atom. The predicted molar refractivity (Wildman–Crippen MR) is 172 cm³/mol. The minimum Gasteiger partial charge on any atom is -0.455 e. The maximum absolute atomic E-state index is 6.48. The van der Waals surface area contributed by atoms with Crippen molar-refractivity contribution in [2.45, 2.75) is 25.3 Å². The second-order valence-electron chi connectivity index (χ2n) is 11.4. The van der Waals surface area contributed by atoms with Crippen LogP contribution in [0, 0.1) is 0 Å². The Kier molecular flexibility index (Phi) is 4.71. The van der Waals surface area contributed by atoms with Crippen molar-refractivity contribution in [1.29, 1.82) is 0 Å². The molecule has 2 atom stereocenters. The summed E-state index contributed by atoms with van der Waals surface area (Å²) in [5.74, 6) is 0.185. The molecule has 7 aromatic rings. The van der Waals surface area contributed by atoms with Gasteiger partial charge in [0.25, 0.3) is 0 Å². The van der Waals surface area contributed by atoms with Crippen molar-refractivity contribution in [2.24, 2.45) is 0 Å². The molecule has 3 heteroatoms. The molecule has 4 aromatic carbocycles. The molecule has 2 aliphatic rings. The van der Waals surface area contributed by atoms with E-state index < -0.39 is 0 Å². The number of hydrogen-bond donors (Lipinski definition) is 1. The van der Waals surface area contributed by atoms with E-state index >= 15 is 0 Å². The van der Waals surface area contributed by atoms with Crippen LogP contribution >= 0.6 is 0 Å². The second-order valence-corrected chi connectivity index (χ2v) is 11.4. The lowest BCUT2D eigenvalue weighted by Gasteiger charge is -2.30. The molecule has 0 radical (unpaired) electrons. The first kappa shape index (κ1) is 22.8. The summed E-state index contributed by atoms with van der Waals surface area (Å²) in [7, 11) is 0. The summed E-state index contributed by atoms with van der Waals surface area (Å²) in [5.41, 5.74) is 10.6. The molecule has 0 saturated heterocycles. The molecule has 2 aliphatic carbocycles. The molecule has 196 valence electrons. The van der Waals surface area contributed by atoms with Gasteiger partial charge in [0.15, 0.2) is 0 Å². The van der Waals surface area contributed by atoms with E-state index in [0.29, 0.717) is 0 Å². The fraction of sp³-hybridized carbons (Fsp3) is 0.105. The molecule has 3 heterocycles. The van der Waals surface area contributed by atoms with Crippen LogP contribution in [0.25, 0.3) is 66.8 Å². The molecule has 0 spiro atoms. The topological polar surface area (TPSA) is 33.9 Å². The zero-order valence-electron chi connectivity index (χ0n) is 22.8. The molecule has 3 aromatic heterocycles. The lowest BCUT2D eigenvalue weighted by Crippen LogP contribution is -2.18. The van der Waals surface area contributed by atoms with E-state index in [-0.39, 0.29) is 12.0 Å². The summed E-state index contributed by atoms with van der Waals surface area (Å²) in [6, 6.07) is 28.6. The molecule has 0 bridgehead atoms. The van der Waals surface area contributed by atoms with Crippen LogP contribution in [-0.2, 0) is 0 Å². The number of allylic oxidation sites excluding steroid dienone is 6. The van der Waals surface area contributed by atoms with Gasteiger partial charge in [0, 0.05) is 49.8 Å². The van der Waals surface area contributed by atoms with Crippen molar-refractivity contribution >= 4 is 66.8 Å². The van der Waals surface area contributed by atoms with E-state index in [0.717, 1.165) is 44.8 Å². The molecule has 41 heavy (non-hydrogen) atoms. The van der Waals surface area contributed by atoms with Gasteiger partial charge < -0.3 is 14.0 Å².